The van der Waals surface area contributed by atoms with Gasteiger partial charge < -0.3 is 10.2 Å². The van der Waals surface area contributed by atoms with Gasteiger partial charge in [0, 0.05) is 6.07 Å². The van der Waals surface area contributed by atoms with E-state index in [1.54, 1.807) is 6.07 Å². The van der Waals surface area contributed by atoms with Crippen molar-refractivity contribution in [1.82, 2.24) is 0 Å². The molecule has 0 aliphatic heterocycles. The van der Waals surface area contributed by atoms with Crippen LogP contribution in [0.3, 0.4) is 0 Å². The molecule has 2 saturated carbocycles. The minimum atomic E-state index is 0.266. The van der Waals surface area contributed by atoms with Gasteiger partial charge in [0.2, 0.25) is 0 Å². The first-order valence-electron chi connectivity index (χ1n) is 10.9. The molecule has 0 atom stereocenters. The number of phenols is 2. The third-order valence-electron chi connectivity index (χ3n) is 6.94. The van der Waals surface area contributed by atoms with E-state index < -0.39 is 0 Å². The van der Waals surface area contributed by atoms with Crippen LogP contribution in [0.2, 0.25) is 0 Å². The van der Waals surface area contributed by atoms with Crippen LogP contribution in [0, 0.1) is 10.8 Å². The number of benzene rings is 1. The van der Waals surface area contributed by atoms with Crippen LogP contribution in [-0.4, -0.2) is 10.2 Å². The molecule has 1 aromatic rings. The van der Waals surface area contributed by atoms with Gasteiger partial charge in [-0.2, -0.15) is 0 Å². The first-order chi connectivity index (χ1) is 12.4. The smallest absolute Gasteiger partial charge is 0.122 e. The summed E-state index contributed by atoms with van der Waals surface area (Å²) in [4.78, 5) is 0. The van der Waals surface area contributed by atoms with Crippen LogP contribution in [0.15, 0.2) is 12.1 Å². The van der Waals surface area contributed by atoms with Gasteiger partial charge >= 0.3 is 0 Å². The first kappa shape index (κ1) is 19.6. The Bertz CT molecular complexity index is 547. The minimum absolute atomic E-state index is 0.266. The summed E-state index contributed by atoms with van der Waals surface area (Å²) in [5.41, 5.74) is 3.34. The van der Waals surface area contributed by atoms with Crippen molar-refractivity contribution in [3.8, 4) is 11.5 Å². The maximum absolute atomic E-state index is 10.2. The predicted molar refractivity (Wildman–Crippen MR) is 109 cm³/mol. The minimum Gasteiger partial charge on any atom is -0.508 e. The average Bonchev–Trinajstić information content (AvgIpc) is 3.50. The number of aromatic hydroxyl groups is 2. The molecule has 0 heterocycles. The molecule has 2 N–H and O–H groups in total. The zero-order valence-corrected chi connectivity index (χ0v) is 16.9. The summed E-state index contributed by atoms with van der Waals surface area (Å²) < 4.78 is 0. The molecule has 146 valence electrons. The first-order valence-corrected chi connectivity index (χ1v) is 10.9. The van der Waals surface area contributed by atoms with Crippen molar-refractivity contribution in [3.63, 3.8) is 0 Å². The van der Waals surface area contributed by atoms with Crippen molar-refractivity contribution in [1.29, 1.82) is 0 Å². The number of aryl methyl sites for hydroxylation is 2. The van der Waals surface area contributed by atoms with Gasteiger partial charge in [-0.25, -0.2) is 0 Å². The van der Waals surface area contributed by atoms with E-state index in [-0.39, 0.29) is 11.5 Å². The molecule has 2 aliphatic rings. The van der Waals surface area contributed by atoms with Crippen LogP contribution in [0.1, 0.15) is 102 Å². The summed E-state index contributed by atoms with van der Waals surface area (Å²) in [5.74, 6) is 0.532. The number of phenolic OH excluding ortho intramolecular Hbond substituents is 2. The van der Waals surface area contributed by atoms with E-state index in [1.807, 2.05) is 0 Å². The fraction of sp³-hybridized carbons (Fsp3) is 0.750. The standard InChI is InChI=1S/C24H38O2/c1-23(13-14-23)11-7-3-5-9-19-17-20(22(26)18-21(19)25)10-6-4-8-12-24(2)15-16-24/h17-18,25-26H,3-16H2,1-2H3. The van der Waals surface area contributed by atoms with Gasteiger partial charge in [0.05, 0.1) is 0 Å². The summed E-state index contributed by atoms with van der Waals surface area (Å²) in [7, 11) is 0. The normalized spacial score (nSPS) is 19.5. The van der Waals surface area contributed by atoms with Crippen LogP contribution < -0.4 is 0 Å². The van der Waals surface area contributed by atoms with E-state index >= 15 is 0 Å². The lowest BCUT2D eigenvalue weighted by molar-refractivity contribution is 0.436. The highest BCUT2D eigenvalue weighted by atomic mass is 16.3. The monoisotopic (exact) mass is 358 g/mol. The maximum atomic E-state index is 10.2. The molecule has 26 heavy (non-hydrogen) atoms. The van der Waals surface area contributed by atoms with Gasteiger partial charge in [0.1, 0.15) is 11.5 Å². The van der Waals surface area contributed by atoms with Crippen LogP contribution in [0.25, 0.3) is 0 Å². The Morgan fingerprint density at radius 3 is 1.46 bits per heavy atom. The van der Waals surface area contributed by atoms with Crippen LogP contribution in [0.5, 0.6) is 11.5 Å². The van der Waals surface area contributed by atoms with E-state index in [0.29, 0.717) is 10.8 Å². The van der Waals surface area contributed by atoms with Gasteiger partial charge in [-0.1, -0.05) is 39.5 Å². The molecular weight excluding hydrogens is 320 g/mol. The molecule has 0 aromatic heterocycles. The van der Waals surface area contributed by atoms with Gasteiger partial charge in [0.15, 0.2) is 0 Å². The zero-order chi connectivity index (χ0) is 18.6. The molecule has 0 bridgehead atoms. The van der Waals surface area contributed by atoms with E-state index in [1.165, 1.54) is 64.2 Å². The molecule has 3 rings (SSSR count). The molecule has 2 nitrogen and oxygen atoms in total. The number of unbranched alkanes of at least 4 members (excludes halogenated alkanes) is 4. The van der Waals surface area contributed by atoms with Crippen LogP contribution in [0.4, 0.5) is 0 Å². The Morgan fingerprint density at radius 1 is 0.654 bits per heavy atom. The van der Waals surface area contributed by atoms with Crippen molar-refractivity contribution in [2.75, 3.05) is 0 Å². The van der Waals surface area contributed by atoms with E-state index in [2.05, 4.69) is 19.9 Å². The Morgan fingerprint density at radius 2 is 1.08 bits per heavy atom. The summed E-state index contributed by atoms with van der Waals surface area (Å²) in [6, 6.07) is 3.61. The Hall–Kier alpha value is -1.18. The largest absolute Gasteiger partial charge is 0.508 e. The summed E-state index contributed by atoms with van der Waals surface area (Å²) >= 11 is 0. The second kappa shape index (κ2) is 8.23. The quantitative estimate of drug-likeness (QED) is 0.399. The van der Waals surface area contributed by atoms with Crippen molar-refractivity contribution in [2.45, 2.75) is 104 Å². The molecule has 1 aromatic carbocycles. The van der Waals surface area contributed by atoms with E-state index in [4.69, 9.17) is 0 Å². The molecule has 2 aliphatic carbocycles. The second-order valence-electron chi connectivity index (χ2n) is 9.85. The highest BCUT2D eigenvalue weighted by molar-refractivity contribution is 5.45. The van der Waals surface area contributed by atoms with Crippen molar-refractivity contribution >= 4 is 0 Å². The van der Waals surface area contributed by atoms with Gasteiger partial charge in [-0.05, 0) is 92.2 Å². The Balaban J connectivity index is 1.38. The summed E-state index contributed by atoms with van der Waals surface area (Å²) in [6.07, 6.45) is 17.6. The molecule has 0 spiro atoms. The SMILES string of the molecule is CC1(CCCCCc2cc(CCCCCC3(C)CC3)c(O)cc2O)CC1. The Labute approximate surface area is 160 Å². The molecular formula is C24H38O2. The molecule has 0 unspecified atom stereocenters. The highest BCUT2D eigenvalue weighted by Gasteiger charge is 2.36. The van der Waals surface area contributed by atoms with Gasteiger partial charge in [0.25, 0.3) is 0 Å². The van der Waals surface area contributed by atoms with E-state index in [9.17, 15) is 10.2 Å². The lowest BCUT2D eigenvalue weighted by atomic mass is 9.96. The molecule has 0 radical (unpaired) electrons. The third-order valence-corrected chi connectivity index (χ3v) is 6.94. The highest BCUT2D eigenvalue weighted by Crippen LogP contribution is 2.49. The molecule has 0 amide bonds. The van der Waals surface area contributed by atoms with Crippen LogP contribution in [-0.2, 0) is 12.8 Å². The van der Waals surface area contributed by atoms with Crippen LogP contribution >= 0.6 is 0 Å². The number of rotatable bonds is 12. The molecule has 2 fully saturated rings. The average molecular weight is 359 g/mol. The lowest BCUT2D eigenvalue weighted by Crippen LogP contribution is -1.96. The Kier molecular flexibility index (Phi) is 6.20. The summed E-state index contributed by atoms with van der Waals surface area (Å²) in [6.45, 7) is 4.80. The van der Waals surface area contributed by atoms with Crippen molar-refractivity contribution in [3.05, 3.63) is 23.3 Å². The van der Waals surface area contributed by atoms with Crippen molar-refractivity contribution in [2.24, 2.45) is 10.8 Å². The summed E-state index contributed by atoms with van der Waals surface area (Å²) in [5, 5.41) is 20.3. The molecule has 0 saturated heterocycles. The third kappa shape index (κ3) is 5.93. The lowest BCUT2D eigenvalue weighted by Gasteiger charge is -2.12. The fourth-order valence-electron chi connectivity index (χ4n) is 4.09. The van der Waals surface area contributed by atoms with E-state index in [0.717, 1.165) is 36.8 Å². The number of hydrogen-bond acceptors (Lipinski definition) is 2. The predicted octanol–water partition coefficient (Wildman–Crippen LogP) is 6.90. The molecule has 2 heteroatoms. The second-order valence-corrected chi connectivity index (χ2v) is 9.85. The fourth-order valence-corrected chi connectivity index (χ4v) is 4.09. The van der Waals surface area contributed by atoms with Gasteiger partial charge in [-0.3, -0.25) is 0 Å². The maximum Gasteiger partial charge on any atom is 0.122 e. The van der Waals surface area contributed by atoms with Crippen molar-refractivity contribution < 1.29 is 10.2 Å². The topological polar surface area (TPSA) is 40.5 Å². The van der Waals surface area contributed by atoms with Gasteiger partial charge in [-0.15, -0.1) is 0 Å². The number of hydrogen-bond donors (Lipinski definition) is 2. The zero-order valence-electron chi connectivity index (χ0n) is 16.9.